The molecule has 0 radical (unpaired) electrons. The number of aromatic nitrogens is 3. The minimum Gasteiger partial charge on any atom is -0.370 e. The molecular weight excluding hydrogens is 268 g/mol. The van der Waals surface area contributed by atoms with Gasteiger partial charge in [0.2, 0.25) is 0 Å². The molecule has 0 aliphatic carbocycles. The lowest BCUT2D eigenvalue weighted by atomic mass is 9.97. The van der Waals surface area contributed by atoms with Crippen LogP contribution in [0.5, 0.6) is 0 Å². The maximum atomic E-state index is 4.43. The Bertz CT molecular complexity index is 704. The summed E-state index contributed by atoms with van der Waals surface area (Å²) in [7, 11) is 0. The second-order valence-electron chi connectivity index (χ2n) is 5.22. The molecule has 5 heteroatoms. The van der Waals surface area contributed by atoms with Gasteiger partial charge in [0.05, 0.1) is 15.9 Å². The summed E-state index contributed by atoms with van der Waals surface area (Å²) in [6.45, 7) is 2.15. The number of aromatic amines is 1. The molecule has 0 saturated carbocycles. The maximum Gasteiger partial charge on any atom is 0.110 e. The molecule has 1 atom stereocenters. The Labute approximate surface area is 121 Å². The summed E-state index contributed by atoms with van der Waals surface area (Å²) in [6.07, 6.45) is 8.10. The van der Waals surface area contributed by atoms with Crippen molar-refractivity contribution in [2.45, 2.75) is 18.8 Å². The van der Waals surface area contributed by atoms with E-state index in [2.05, 4.69) is 37.4 Å². The number of hydrogen-bond donors (Lipinski definition) is 1. The van der Waals surface area contributed by atoms with Gasteiger partial charge in [0.25, 0.3) is 0 Å². The fourth-order valence-electron chi connectivity index (χ4n) is 3.03. The van der Waals surface area contributed by atoms with Gasteiger partial charge in [-0.2, -0.15) is 0 Å². The van der Waals surface area contributed by atoms with Crippen LogP contribution in [-0.4, -0.2) is 28.0 Å². The quantitative estimate of drug-likeness (QED) is 0.784. The van der Waals surface area contributed by atoms with Crippen molar-refractivity contribution in [3.8, 4) is 0 Å². The van der Waals surface area contributed by atoms with Gasteiger partial charge in [-0.05, 0) is 30.4 Å². The number of H-pyrrole nitrogens is 1. The van der Waals surface area contributed by atoms with E-state index >= 15 is 0 Å². The third-order valence-electron chi connectivity index (χ3n) is 3.99. The highest BCUT2D eigenvalue weighted by atomic mass is 32.1. The van der Waals surface area contributed by atoms with E-state index in [1.165, 1.54) is 23.2 Å². The van der Waals surface area contributed by atoms with Crippen molar-refractivity contribution in [3.63, 3.8) is 0 Å². The van der Waals surface area contributed by atoms with E-state index in [4.69, 9.17) is 0 Å². The van der Waals surface area contributed by atoms with Crippen LogP contribution in [0.1, 0.15) is 24.6 Å². The molecule has 3 aromatic rings. The molecule has 1 unspecified atom stereocenters. The van der Waals surface area contributed by atoms with Gasteiger partial charge in [0.1, 0.15) is 5.82 Å². The number of piperidine rings is 1. The highest BCUT2D eigenvalue weighted by Crippen LogP contribution is 2.34. The summed E-state index contributed by atoms with van der Waals surface area (Å²) in [6, 6.07) is 4.24. The molecule has 20 heavy (non-hydrogen) atoms. The van der Waals surface area contributed by atoms with Gasteiger partial charge >= 0.3 is 0 Å². The molecule has 1 N–H and O–H groups in total. The molecule has 4 heterocycles. The Morgan fingerprint density at radius 3 is 3.15 bits per heavy atom. The highest BCUT2D eigenvalue weighted by molar-refractivity contribution is 7.17. The normalized spacial score (nSPS) is 19.6. The molecule has 0 aromatic carbocycles. The molecule has 0 amide bonds. The Morgan fingerprint density at radius 1 is 1.25 bits per heavy atom. The van der Waals surface area contributed by atoms with E-state index in [0.717, 1.165) is 24.4 Å². The second kappa shape index (κ2) is 4.90. The van der Waals surface area contributed by atoms with Gasteiger partial charge in [-0.1, -0.05) is 0 Å². The van der Waals surface area contributed by atoms with Gasteiger partial charge in [-0.15, -0.1) is 11.3 Å². The van der Waals surface area contributed by atoms with Gasteiger partial charge in [0, 0.05) is 37.6 Å². The smallest absolute Gasteiger partial charge is 0.110 e. The minimum atomic E-state index is 0.502. The third kappa shape index (κ3) is 1.98. The molecule has 0 spiro atoms. The molecule has 3 aromatic heterocycles. The largest absolute Gasteiger partial charge is 0.370 e. The van der Waals surface area contributed by atoms with Crippen molar-refractivity contribution in [3.05, 3.63) is 41.9 Å². The predicted octanol–water partition coefficient (Wildman–Crippen LogP) is 3.40. The van der Waals surface area contributed by atoms with Crippen molar-refractivity contribution < 1.29 is 0 Å². The van der Waals surface area contributed by atoms with Gasteiger partial charge in [-0.3, -0.25) is 4.98 Å². The van der Waals surface area contributed by atoms with Crippen LogP contribution in [0.2, 0.25) is 0 Å². The first-order valence-corrected chi connectivity index (χ1v) is 7.86. The third-order valence-corrected chi connectivity index (χ3v) is 4.92. The van der Waals surface area contributed by atoms with Crippen LogP contribution >= 0.6 is 11.3 Å². The molecule has 102 valence electrons. The fourth-order valence-corrected chi connectivity index (χ4v) is 3.92. The van der Waals surface area contributed by atoms with Crippen molar-refractivity contribution in [1.29, 1.82) is 0 Å². The molecule has 4 nitrogen and oxygen atoms in total. The first-order valence-electron chi connectivity index (χ1n) is 6.98. The van der Waals surface area contributed by atoms with Crippen LogP contribution < -0.4 is 4.90 Å². The first kappa shape index (κ1) is 11.9. The van der Waals surface area contributed by atoms with E-state index in [-0.39, 0.29) is 0 Å². The fraction of sp³-hybridized carbons (Fsp3) is 0.333. The molecule has 1 aliphatic rings. The number of nitrogens with zero attached hydrogens (tertiary/aromatic N) is 3. The summed E-state index contributed by atoms with van der Waals surface area (Å²) >= 11 is 1.78. The Kier molecular flexibility index (Phi) is 2.92. The van der Waals surface area contributed by atoms with Gasteiger partial charge in [-0.25, -0.2) is 4.98 Å². The maximum absolute atomic E-state index is 4.43. The predicted molar refractivity (Wildman–Crippen MR) is 82.4 cm³/mol. The van der Waals surface area contributed by atoms with E-state index in [0.29, 0.717) is 5.92 Å². The number of fused-ring (bicyclic) bond motifs is 1. The summed E-state index contributed by atoms with van der Waals surface area (Å²) in [5, 5.41) is 2.12. The zero-order chi connectivity index (χ0) is 13.4. The van der Waals surface area contributed by atoms with Crippen LogP contribution in [-0.2, 0) is 0 Å². The minimum absolute atomic E-state index is 0.502. The zero-order valence-electron chi connectivity index (χ0n) is 11.1. The lowest BCUT2D eigenvalue weighted by Gasteiger charge is -2.33. The average molecular weight is 284 g/mol. The number of rotatable bonds is 2. The van der Waals surface area contributed by atoms with Gasteiger partial charge < -0.3 is 9.88 Å². The van der Waals surface area contributed by atoms with E-state index in [1.807, 2.05) is 18.6 Å². The number of hydrogen-bond acceptors (Lipinski definition) is 4. The van der Waals surface area contributed by atoms with Crippen molar-refractivity contribution >= 4 is 27.2 Å². The van der Waals surface area contributed by atoms with Crippen LogP contribution in [0.15, 0.2) is 36.1 Å². The molecule has 1 saturated heterocycles. The van der Waals surface area contributed by atoms with Crippen LogP contribution in [0.3, 0.4) is 0 Å². The monoisotopic (exact) mass is 284 g/mol. The Balaban J connectivity index is 1.66. The second-order valence-corrected chi connectivity index (χ2v) is 6.14. The van der Waals surface area contributed by atoms with Crippen molar-refractivity contribution in [2.24, 2.45) is 0 Å². The van der Waals surface area contributed by atoms with Gasteiger partial charge in [0.15, 0.2) is 0 Å². The van der Waals surface area contributed by atoms with E-state index in [9.17, 15) is 0 Å². The highest BCUT2D eigenvalue weighted by Gasteiger charge is 2.24. The number of thiophene rings is 1. The Hall–Kier alpha value is -1.88. The number of imidazole rings is 1. The summed E-state index contributed by atoms with van der Waals surface area (Å²) in [5.74, 6) is 1.62. The lowest BCUT2D eigenvalue weighted by Crippen LogP contribution is -2.34. The zero-order valence-corrected chi connectivity index (χ0v) is 11.9. The first-order chi connectivity index (χ1) is 9.92. The van der Waals surface area contributed by atoms with E-state index in [1.54, 1.807) is 11.3 Å². The SMILES string of the molecule is c1c[nH]c(C2CCCN(c3ccnc4ccsc34)C2)n1. The molecule has 0 bridgehead atoms. The van der Waals surface area contributed by atoms with Crippen LogP contribution in [0.4, 0.5) is 5.69 Å². The average Bonchev–Trinajstić information content (AvgIpc) is 3.18. The Morgan fingerprint density at radius 2 is 2.25 bits per heavy atom. The number of pyridine rings is 1. The summed E-state index contributed by atoms with van der Waals surface area (Å²) in [4.78, 5) is 14.6. The number of nitrogens with one attached hydrogen (secondary N) is 1. The van der Waals surface area contributed by atoms with Crippen molar-refractivity contribution in [1.82, 2.24) is 15.0 Å². The molecule has 1 fully saturated rings. The van der Waals surface area contributed by atoms with Crippen molar-refractivity contribution in [2.75, 3.05) is 18.0 Å². The van der Waals surface area contributed by atoms with Crippen LogP contribution in [0.25, 0.3) is 10.2 Å². The molecule has 1 aliphatic heterocycles. The lowest BCUT2D eigenvalue weighted by molar-refractivity contribution is 0.495. The van der Waals surface area contributed by atoms with Crippen LogP contribution in [0, 0.1) is 0 Å². The summed E-state index contributed by atoms with van der Waals surface area (Å²) in [5.41, 5.74) is 2.42. The molecule has 4 rings (SSSR count). The van der Waals surface area contributed by atoms with E-state index < -0.39 is 0 Å². The standard InChI is InChI=1S/C15H16N4S/c1-2-11(15-17-6-7-18-15)10-19(8-1)13-3-5-16-12-4-9-20-14(12)13/h3-7,9,11H,1-2,8,10H2,(H,17,18). The topological polar surface area (TPSA) is 44.8 Å². The molecular formula is C15H16N4S. The number of anilines is 1. The summed E-state index contributed by atoms with van der Waals surface area (Å²) < 4.78 is 1.30.